The number of rotatable bonds is 14. The van der Waals surface area contributed by atoms with Crippen molar-refractivity contribution in [1.29, 1.82) is 0 Å². The zero-order valence-electron chi connectivity index (χ0n) is 17.9. The van der Waals surface area contributed by atoms with Gasteiger partial charge in [0.15, 0.2) is 0 Å². The number of halogens is 2. The van der Waals surface area contributed by atoms with Crippen LogP contribution in [-0.2, 0) is 25.8 Å². The predicted molar refractivity (Wildman–Crippen MR) is 122 cm³/mol. The molecule has 1 aliphatic rings. The van der Waals surface area contributed by atoms with Gasteiger partial charge >= 0.3 is 8.25 Å². The first-order valence-corrected chi connectivity index (χ1v) is 12.8. The van der Waals surface area contributed by atoms with Gasteiger partial charge in [0.2, 0.25) is 0 Å². The first-order chi connectivity index (χ1) is 15.5. The highest BCUT2D eigenvalue weighted by Gasteiger charge is 2.39. The van der Waals surface area contributed by atoms with Crippen LogP contribution in [0.25, 0.3) is 0 Å². The highest BCUT2D eigenvalue weighted by atomic mass is 32.2. The molecular formula is C23H29F2NO4PS+. The van der Waals surface area contributed by atoms with Crippen LogP contribution in [0.1, 0.15) is 36.8 Å². The van der Waals surface area contributed by atoms with Gasteiger partial charge < -0.3 is 10.1 Å². The molecule has 2 aromatic carbocycles. The number of thioether (sulfide) groups is 1. The molecule has 1 fully saturated rings. The van der Waals surface area contributed by atoms with Gasteiger partial charge in [-0.25, -0.2) is 8.78 Å². The van der Waals surface area contributed by atoms with Gasteiger partial charge in [-0.1, -0.05) is 24.6 Å². The molecule has 32 heavy (non-hydrogen) atoms. The maximum absolute atomic E-state index is 14.4. The lowest BCUT2D eigenvalue weighted by Gasteiger charge is -2.42. The monoisotopic (exact) mass is 484 g/mol. The molecule has 5 nitrogen and oxygen atoms in total. The number of unbranched alkanes of at least 4 members (excludes halogenated alkanes) is 1. The summed E-state index contributed by atoms with van der Waals surface area (Å²) in [4.78, 5) is 9.19. The van der Waals surface area contributed by atoms with E-state index in [1.807, 2.05) is 24.3 Å². The van der Waals surface area contributed by atoms with E-state index in [0.717, 1.165) is 36.1 Å². The van der Waals surface area contributed by atoms with Crippen molar-refractivity contribution in [2.24, 2.45) is 0 Å². The minimum atomic E-state index is -2.54. The Morgan fingerprint density at radius 2 is 1.91 bits per heavy atom. The Labute approximate surface area is 192 Å². The van der Waals surface area contributed by atoms with Gasteiger partial charge in [0.25, 0.3) is 0 Å². The molecule has 1 heterocycles. The minimum Gasteiger partial charge on any atom is -0.379 e. The molecule has 9 heteroatoms. The van der Waals surface area contributed by atoms with Crippen LogP contribution in [0.15, 0.2) is 47.4 Å². The Morgan fingerprint density at radius 1 is 1.12 bits per heavy atom. The van der Waals surface area contributed by atoms with Crippen molar-refractivity contribution in [2.75, 3.05) is 32.1 Å². The first-order valence-electron chi connectivity index (χ1n) is 10.7. The van der Waals surface area contributed by atoms with Gasteiger partial charge in [0.1, 0.15) is 18.2 Å². The average Bonchev–Trinajstić information content (AvgIpc) is 2.74. The zero-order chi connectivity index (χ0) is 22.8. The molecule has 1 saturated heterocycles. The molecule has 0 amide bonds. The number of benzene rings is 2. The molecule has 2 N–H and O–H groups in total. The van der Waals surface area contributed by atoms with E-state index in [1.54, 1.807) is 6.07 Å². The zero-order valence-corrected chi connectivity index (χ0v) is 19.6. The van der Waals surface area contributed by atoms with Crippen LogP contribution in [0.3, 0.4) is 0 Å². The van der Waals surface area contributed by atoms with E-state index in [4.69, 9.17) is 9.63 Å². The van der Waals surface area contributed by atoms with Crippen molar-refractivity contribution in [3.63, 3.8) is 0 Å². The normalized spacial score (nSPS) is 15.4. The van der Waals surface area contributed by atoms with E-state index in [2.05, 4.69) is 9.84 Å². The number of nitrogens with one attached hydrogen (secondary N) is 1. The second kappa shape index (κ2) is 12.7. The summed E-state index contributed by atoms with van der Waals surface area (Å²) in [6, 6.07) is 12.0. The minimum absolute atomic E-state index is 0.0138. The van der Waals surface area contributed by atoms with Crippen molar-refractivity contribution in [3.05, 3.63) is 65.2 Å². The molecule has 1 unspecified atom stereocenters. The lowest BCUT2D eigenvalue weighted by Crippen LogP contribution is -2.46. The Balaban J connectivity index is 1.35. The van der Waals surface area contributed by atoms with Gasteiger partial charge in [-0.05, 0) is 67.0 Å². The van der Waals surface area contributed by atoms with E-state index in [1.165, 1.54) is 23.9 Å². The highest BCUT2D eigenvalue weighted by molar-refractivity contribution is 7.99. The summed E-state index contributed by atoms with van der Waals surface area (Å²) in [5.74, 6) is 0.392. The Bertz CT molecular complexity index is 881. The van der Waals surface area contributed by atoms with Crippen LogP contribution in [0, 0.1) is 11.6 Å². The lowest BCUT2D eigenvalue weighted by atomic mass is 9.75. The van der Waals surface area contributed by atoms with E-state index < -0.39 is 8.25 Å². The Hall–Kier alpha value is -1.41. The predicted octanol–water partition coefficient (Wildman–Crippen LogP) is 5.34. The highest BCUT2D eigenvalue weighted by Crippen LogP contribution is 2.37. The molecule has 174 valence electrons. The molecule has 0 aromatic heterocycles. The molecule has 1 atom stereocenters. The first kappa shape index (κ1) is 25.2. The lowest BCUT2D eigenvalue weighted by molar-refractivity contribution is -0.0652. The smallest absolute Gasteiger partial charge is 0.379 e. The third-order valence-electron chi connectivity index (χ3n) is 5.55. The van der Waals surface area contributed by atoms with E-state index in [-0.39, 0.29) is 23.7 Å². The van der Waals surface area contributed by atoms with Gasteiger partial charge in [0.05, 0.1) is 13.2 Å². The number of hydrogen-bond acceptors (Lipinski definition) is 5. The maximum Gasteiger partial charge on any atom is 0.694 e. The Kier molecular flexibility index (Phi) is 10.0. The van der Waals surface area contributed by atoms with Gasteiger partial charge in [-0.3, -0.25) is 0 Å². The number of ether oxygens (including phenoxy) is 1. The van der Waals surface area contributed by atoms with Crippen LogP contribution in [-0.4, -0.2) is 37.0 Å². The molecule has 1 aliphatic heterocycles. The van der Waals surface area contributed by atoms with Gasteiger partial charge in [-0.15, -0.1) is 21.2 Å². The third-order valence-corrected chi connectivity index (χ3v) is 7.08. The summed E-state index contributed by atoms with van der Waals surface area (Å²) >= 11 is 1.52. The summed E-state index contributed by atoms with van der Waals surface area (Å²) in [6.07, 6.45) is 3.56. The van der Waals surface area contributed by atoms with E-state index >= 15 is 0 Å². The van der Waals surface area contributed by atoms with Crippen molar-refractivity contribution in [3.8, 4) is 0 Å². The van der Waals surface area contributed by atoms with Crippen molar-refractivity contribution in [1.82, 2.24) is 5.32 Å². The summed E-state index contributed by atoms with van der Waals surface area (Å²) in [7, 11) is -2.54. The third kappa shape index (κ3) is 7.58. The summed E-state index contributed by atoms with van der Waals surface area (Å²) in [6.45, 7) is 2.70. The van der Waals surface area contributed by atoms with E-state index in [9.17, 15) is 13.3 Å². The van der Waals surface area contributed by atoms with Crippen LogP contribution >= 0.6 is 20.0 Å². The average molecular weight is 485 g/mol. The SMILES string of the molecule is O=[P+](O)OCCCNCc1ccc(SCCCCC2(c3ccc(F)cc3)COC2)c(F)c1. The van der Waals surface area contributed by atoms with Crippen molar-refractivity contribution in [2.45, 2.75) is 42.5 Å². The van der Waals surface area contributed by atoms with E-state index in [0.29, 0.717) is 37.6 Å². The van der Waals surface area contributed by atoms with Crippen LogP contribution in [0.5, 0.6) is 0 Å². The molecule has 0 spiro atoms. The molecule has 0 bridgehead atoms. The fourth-order valence-electron chi connectivity index (χ4n) is 3.70. The standard InChI is InChI=1S/C23H28F2NO4PS/c24-20-7-5-19(6-8-20)23(16-29-17-23)10-1-2-13-32-22-9-4-18(14-21(22)25)15-26-11-3-12-30-31(27)28/h4-9,14,26H,1-3,10-13,15-17H2/p+1. The maximum atomic E-state index is 14.4. The molecule has 3 rings (SSSR count). The second-order valence-corrected chi connectivity index (χ2v) is 9.82. The van der Waals surface area contributed by atoms with Crippen LogP contribution in [0.4, 0.5) is 8.78 Å². The summed E-state index contributed by atoms with van der Waals surface area (Å²) in [5, 5.41) is 3.16. The second-order valence-electron chi connectivity index (χ2n) is 7.95. The molecule has 0 saturated carbocycles. The summed E-state index contributed by atoms with van der Waals surface area (Å²) < 4.78 is 48.1. The molecular weight excluding hydrogens is 455 g/mol. The van der Waals surface area contributed by atoms with Crippen LogP contribution in [0.2, 0.25) is 0 Å². The molecule has 0 aliphatic carbocycles. The molecule has 0 radical (unpaired) electrons. The van der Waals surface area contributed by atoms with Crippen molar-refractivity contribution >= 4 is 20.0 Å². The fraction of sp³-hybridized carbons (Fsp3) is 0.478. The largest absolute Gasteiger partial charge is 0.694 e. The quantitative estimate of drug-likeness (QED) is 0.214. The topological polar surface area (TPSA) is 67.8 Å². The van der Waals surface area contributed by atoms with Crippen LogP contribution < -0.4 is 5.32 Å². The van der Waals surface area contributed by atoms with Crippen molar-refractivity contribution < 1.29 is 27.5 Å². The van der Waals surface area contributed by atoms with Gasteiger partial charge in [-0.2, -0.15) is 0 Å². The fourth-order valence-corrected chi connectivity index (χ4v) is 4.91. The van der Waals surface area contributed by atoms with Gasteiger partial charge in [0, 0.05) is 21.4 Å². The Morgan fingerprint density at radius 3 is 2.56 bits per heavy atom. The molecule has 2 aromatic rings. The number of hydrogen-bond donors (Lipinski definition) is 2. The summed E-state index contributed by atoms with van der Waals surface area (Å²) in [5.41, 5.74) is 1.97.